The lowest BCUT2D eigenvalue weighted by Crippen LogP contribution is -2.34. The van der Waals surface area contributed by atoms with Crippen molar-refractivity contribution in [2.45, 2.75) is 38.3 Å². The van der Waals surface area contributed by atoms with Crippen LogP contribution in [0.25, 0.3) is 0 Å². The number of methoxy groups -OCH3 is 1. The highest BCUT2D eigenvalue weighted by Crippen LogP contribution is 2.35. The van der Waals surface area contributed by atoms with E-state index >= 15 is 0 Å². The van der Waals surface area contributed by atoms with Crippen LogP contribution < -0.4 is 10.5 Å². The van der Waals surface area contributed by atoms with E-state index in [0.717, 1.165) is 17.7 Å². The average Bonchev–Trinajstić information content (AvgIpc) is 2.47. The summed E-state index contributed by atoms with van der Waals surface area (Å²) in [5.41, 5.74) is 8.95. The molecular weight excluding hydrogens is 274 g/mol. The Kier molecular flexibility index (Phi) is 5.22. The van der Waals surface area contributed by atoms with Crippen LogP contribution >= 0.6 is 0 Å². The molecule has 0 radical (unpaired) electrons. The molecule has 0 aliphatic rings. The van der Waals surface area contributed by atoms with Gasteiger partial charge in [-0.1, -0.05) is 55.0 Å². The van der Waals surface area contributed by atoms with Crippen LogP contribution in [0.1, 0.15) is 30.0 Å². The van der Waals surface area contributed by atoms with Crippen molar-refractivity contribution in [2.24, 2.45) is 5.73 Å². The maximum Gasteiger partial charge on any atom is 0.122 e. The standard InChI is InChI=1S/C19H25NO2/c1-14-7-6-9-16(11-14)19(2,13-18(20)21)12-15-8-4-5-10-17(15)22-3/h4-11,18,21H,12-13,20H2,1-3H3/t18-,19?/m1/s1. The smallest absolute Gasteiger partial charge is 0.122 e. The fourth-order valence-electron chi connectivity index (χ4n) is 3.04. The SMILES string of the molecule is COc1ccccc1CC(C)(C[C@H](N)O)c1cccc(C)c1. The Hall–Kier alpha value is -1.84. The third-order valence-corrected chi connectivity index (χ3v) is 4.15. The third-order valence-electron chi connectivity index (χ3n) is 4.15. The van der Waals surface area contributed by atoms with E-state index in [0.29, 0.717) is 6.42 Å². The predicted octanol–water partition coefficient (Wildman–Crippen LogP) is 3.17. The van der Waals surface area contributed by atoms with Gasteiger partial charge in [0.15, 0.2) is 0 Å². The zero-order valence-corrected chi connectivity index (χ0v) is 13.5. The Morgan fingerprint density at radius 1 is 1.18 bits per heavy atom. The number of benzene rings is 2. The van der Waals surface area contributed by atoms with Gasteiger partial charge >= 0.3 is 0 Å². The van der Waals surface area contributed by atoms with Crippen molar-refractivity contribution in [2.75, 3.05) is 7.11 Å². The van der Waals surface area contributed by atoms with Gasteiger partial charge in [-0.3, -0.25) is 0 Å². The maximum absolute atomic E-state index is 9.77. The van der Waals surface area contributed by atoms with Crippen LogP contribution in [0, 0.1) is 6.92 Å². The lowest BCUT2D eigenvalue weighted by atomic mass is 9.74. The molecule has 0 spiro atoms. The monoisotopic (exact) mass is 299 g/mol. The van der Waals surface area contributed by atoms with Crippen molar-refractivity contribution in [3.8, 4) is 5.75 Å². The van der Waals surface area contributed by atoms with Crippen molar-refractivity contribution in [1.29, 1.82) is 0 Å². The number of rotatable bonds is 6. The van der Waals surface area contributed by atoms with E-state index in [2.05, 4.69) is 38.1 Å². The number of aryl methyl sites for hydroxylation is 1. The van der Waals surface area contributed by atoms with Crippen LogP contribution in [0.3, 0.4) is 0 Å². The summed E-state index contributed by atoms with van der Waals surface area (Å²) in [4.78, 5) is 0. The summed E-state index contributed by atoms with van der Waals surface area (Å²) in [6.45, 7) is 4.22. The van der Waals surface area contributed by atoms with Crippen LogP contribution in [-0.4, -0.2) is 18.4 Å². The van der Waals surface area contributed by atoms with E-state index in [1.165, 1.54) is 11.1 Å². The average molecular weight is 299 g/mol. The van der Waals surface area contributed by atoms with E-state index in [4.69, 9.17) is 10.5 Å². The summed E-state index contributed by atoms with van der Waals surface area (Å²) in [5, 5.41) is 9.77. The largest absolute Gasteiger partial charge is 0.496 e. The number of aliphatic hydroxyl groups is 1. The van der Waals surface area contributed by atoms with Crippen molar-refractivity contribution in [1.82, 2.24) is 0 Å². The molecule has 2 aromatic rings. The normalized spacial score (nSPS) is 15.1. The molecule has 2 atom stereocenters. The lowest BCUT2D eigenvalue weighted by Gasteiger charge is -2.32. The van der Waals surface area contributed by atoms with Gasteiger partial charge in [0.1, 0.15) is 12.0 Å². The summed E-state index contributed by atoms with van der Waals surface area (Å²) in [6.07, 6.45) is 0.406. The van der Waals surface area contributed by atoms with E-state index in [1.807, 2.05) is 24.3 Å². The minimum atomic E-state index is -0.847. The molecule has 2 aromatic carbocycles. The molecule has 0 heterocycles. The zero-order valence-electron chi connectivity index (χ0n) is 13.5. The van der Waals surface area contributed by atoms with Crippen LogP contribution in [0.4, 0.5) is 0 Å². The van der Waals surface area contributed by atoms with Crippen molar-refractivity contribution in [3.63, 3.8) is 0 Å². The summed E-state index contributed by atoms with van der Waals surface area (Å²) in [6, 6.07) is 16.4. The molecule has 0 amide bonds. The summed E-state index contributed by atoms with van der Waals surface area (Å²) >= 11 is 0. The number of aliphatic hydroxyl groups excluding tert-OH is 1. The Morgan fingerprint density at radius 3 is 2.55 bits per heavy atom. The van der Waals surface area contributed by atoms with E-state index in [9.17, 15) is 5.11 Å². The van der Waals surface area contributed by atoms with E-state index in [-0.39, 0.29) is 5.41 Å². The van der Waals surface area contributed by atoms with Gasteiger partial charge in [0.05, 0.1) is 7.11 Å². The van der Waals surface area contributed by atoms with Gasteiger partial charge in [-0.2, -0.15) is 0 Å². The van der Waals surface area contributed by atoms with E-state index in [1.54, 1.807) is 7.11 Å². The third kappa shape index (κ3) is 3.87. The molecule has 0 aliphatic heterocycles. The van der Waals surface area contributed by atoms with Gasteiger partial charge in [0.25, 0.3) is 0 Å². The molecule has 0 aromatic heterocycles. The first-order valence-electron chi connectivity index (χ1n) is 7.57. The van der Waals surface area contributed by atoms with Crippen LogP contribution in [0.5, 0.6) is 5.75 Å². The highest BCUT2D eigenvalue weighted by atomic mass is 16.5. The number of nitrogens with two attached hydrogens (primary N) is 1. The maximum atomic E-state index is 9.77. The molecule has 3 nitrogen and oxygen atoms in total. The molecule has 3 heteroatoms. The molecule has 0 aliphatic carbocycles. The van der Waals surface area contributed by atoms with E-state index < -0.39 is 6.23 Å². The fourth-order valence-corrected chi connectivity index (χ4v) is 3.04. The molecule has 3 N–H and O–H groups in total. The lowest BCUT2D eigenvalue weighted by molar-refractivity contribution is 0.140. The Bertz CT molecular complexity index is 624. The molecule has 2 rings (SSSR count). The molecule has 0 fully saturated rings. The molecule has 0 bridgehead atoms. The Labute approximate surface area is 132 Å². The first-order valence-corrected chi connectivity index (χ1v) is 7.57. The molecule has 1 unspecified atom stereocenters. The predicted molar refractivity (Wildman–Crippen MR) is 90.0 cm³/mol. The molecule has 118 valence electrons. The van der Waals surface area contributed by atoms with Gasteiger partial charge in [-0.05, 0) is 37.0 Å². The van der Waals surface area contributed by atoms with Crippen molar-refractivity contribution < 1.29 is 9.84 Å². The summed E-state index contributed by atoms with van der Waals surface area (Å²) < 4.78 is 5.46. The van der Waals surface area contributed by atoms with Crippen LogP contribution in [-0.2, 0) is 11.8 Å². The van der Waals surface area contributed by atoms with Crippen LogP contribution in [0.2, 0.25) is 0 Å². The second kappa shape index (κ2) is 6.95. The van der Waals surface area contributed by atoms with Gasteiger partial charge in [0.2, 0.25) is 0 Å². The number of hydrogen-bond donors (Lipinski definition) is 2. The zero-order chi connectivity index (χ0) is 16.2. The molecule has 22 heavy (non-hydrogen) atoms. The quantitative estimate of drug-likeness (QED) is 0.806. The molecule has 0 saturated carbocycles. The number of ether oxygens (including phenoxy) is 1. The fraction of sp³-hybridized carbons (Fsp3) is 0.368. The van der Waals surface area contributed by atoms with Gasteiger partial charge < -0.3 is 15.6 Å². The first kappa shape index (κ1) is 16.5. The molecule has 0 saturated heterocycles. The number of para-hydroxylation sites is 1. The van der Waals surface area contributed by atoms with Crippen molar-refractivity contribution in [3.05, 3.63) is 65.2 Å². The molecular formula is C19H25NO2. The summed E-state index contributed by atoms with van der Waals surface area (Å²) in [7, 11) is 1.68. The minimum absolute atomic E-state index is 0.255. The Morgan fingerprint density at radius 2 is 1.91 bits per heavy atom. The second-order valence-electron chi connectivity index (χ2n) is 6.19. The van der Waals surface area contributed by atoms with Gasteiger partial charge in [-0.25, -0.2) is 0 Å². The number of hydrogen-bond acceptors (Lipinski definition) is 3. The van der Waals surface area contributed by atoms with Crippen LogP contribution in [0.15, 0.2) is 48.5 Å². The minimum Gasteiger partial charge on any atom is -0.496 e. The topological polar surface area (TPSA) is 55.5 Å². The van der Waals surface area contributed by atoms with Gasteiger partial charge in [0, 0.05) is 5.41 Å². The highest BCUT2D eigenvalue weighted by Gasteiger charge is 2.30. The summed E-state index contributed by atoms with van der Waals surface area (Å²) in [5.74, 6) is 0.868. The van der Waals surface area contributed by atoms with Gasteiger partial charge in [-0.15, -0.1) is 0 Å². The Balaban J connectivity index is 2.41. The first-order chi connectivity index (χ1) is 10.4. The highest BCUT2D eigenvalue weighted by molar-refractivity contribution is 5.38. The second-order valence-corrected chi connectivity index (χ2v) is 6.19. The van der Waals surface area contributed by atoms with Crippen molar-refractivity contribution >= 4 is 0 Å².